The second-order valence-electron chi connectivity index (χ2n) is 6.19. The van der Waals surface area contributed by atoms with Gasteiger partial charge in [0.1, 0.15) is 5.76 Å². The third kappa shape index (κ3) is 5.10. The number of hydrogen-bond acceptors (Lipinski definition) is 5. The van der Waals surface area contributed by atoms with Crippen molar-refractivity contribution >= 4 is 34.5 Å². The summed E-state index contributed by atoms with van der Waals surface area (Å²) in [5, 5.41) is 4.64. The first-order valence-corrected chi connectivity index (χ1v) is 9.53. The van der Waals surface area contributed by atoms with Gasteiger partial charge in [0.05, 0.1) is 35.6 Å². The molecule has 0 unspecified atom stereocenters. The Hall–Kier alpha value is -2.80. The van der Waals surface area contributed by atoms with Gasteiger partial charge in [-0.25, -0.2) is 4.98 Å². The van der Waals surface area contributed by atoms with Gasteiger partial charge in [0, 0.05) is 12.4 Å². The number of carbonyl (C=O) groups is 2. The number of amides is 2. The third-order valence-corrected chi connectivity index (χ3v) is 4.99. The minimum atomic E-state index is -0.230. The van der Waals surface area contributed by atoms with Crippen molar-refractivity contribution in [3.8, 4) is 0 Å². The van der Waals surface area contributed by atoms with Crippen molar-refractivity contribution in [2.24, 2.45) is 0 Å². The number of hydrogen-bond donors (Lipinski definition) is 1. The Labute approximate surface area is 161 Å². The van der Waals surface area contributed by atoms with Crippen molar-refractivity contribution in [2.75, 3.05) is 19.3 Å². The molecule has 6 nitrogen and oxygen atoms in total. The minimum Gasteiger partial charge on any atom is -0.467 e. The van der Waals surface area contributed by atoms with Gasteiger partial charge in [-0.15, -0.1) is 0 Å². The number of pyridine rings is 1. The zero-order chi connectivity index (χ0) is 19.2. The minimum absolute atomic E-state index is 0.00424. The molecule has 0 radical (unpaired) electrons. The van der Waals surface area contributed by atoms with Crippen LogP contribution in [-0.2, 0) is 16.1 Å². The Morgan fingerprint density at radius 1 is 1.22 bits per heavy atom. The molecule has 0 bridgehead atoms. The van der Waals surface area contributed by atoms with E-state index in [2.05, 4.69) is 10.3 Å². The maximum absolute atomic E-state index is 12.3. The summed E-state index contributed by atoms with van der Waals surface area (Å²) in [6.45, 7) is 2.35. The average molecular weight is 383 g/mol. The molecule has 0 spiro atoms. The number of benzene rings is 1. The average Bonchev–Trinajstić information content (AvgIpc) is 3.18. The number of rotatable bonds is 7. The fourth-order valence-electron chi connectivity index (χ4n) is 2.60. The van der Waals surface area contributed by atoms with E-state index in [1.54, 1.807) is 25.4 Å². The van der Waals surface area contributed by atoms with Crippen LogP contribution in [0.15, 0.2) is 58.2 Å². The van der Waals surface area contributed by atoms with Crippen LogP contribution >= 0.6 is 11.8 Å². The second kappa shape index (κ2) is 8.73. The summed E-state index contributed by atoms with van der Waals surface area (Å²) >= 11 is 1.38. The topological polar surface area (TPSA) is 75.4 Å². The first kappa shape index (κ1) is 19.0. The van der Waals surface area contributed by atoms with E-state index < -0.39 is 0 Å². The molecular weight excluding hydrogens is 362 g/mol. The van der Waals surface area contributed by atoms with E-state index in [9.17, 15) is 9.59 Å². The largest absolute Gasteiger partial charge is 0.467 e. The predicted molar refractivity (Wildman–Crippen MR) is 105 cm³/mol. The van der Waals surface area contributed by atoms with Crippen molar-refractivity contribution in [1.29, 1.82) is 0 Å². The third-order valence-electron chi connectivity index (χ3n) is 4.09. The highest BCUT2D eigenvalue weighted by molar-refractivity contribution is 7.99. The molecule has 140 valence electrons. The number of nitrogens with zero attached hydrogens (tertiary/aromatic N) is 2. The Morgan fingerprint density at radius 3 is 2.81 bits per heavy atom. The number of para-hydroxylation sites is 1. The normalized spacial score (nSPS) is 10.7. The number of likely N-dealkylation sites (N-methyl/N-ethyl adjacent to an activating group) is 1. The van der Waals surface area contributed by atoms with Crippen molar-refractivity contribution in [3.05, 3.63) is 60.1 Å². The smallest absolute Gasteiger partial charge is 0.239 e. The number of aromatic nitrogens is 1. The Balaban J connectivity index is 1.50. The van der Waals surface area contributed by atoms with E-state index in [1.165, 1.54) is 16.7 Å². The van der Waals surface area contributed by atoms with Crippen LogP contribution in [0, 0.1) is 6.92 Å². The van der Waals surface area contributed by atoms with E-state index in [0.717, 1.165) is 21.5 Å². The summed E-state index contributed by atoms with van der Waals surface area (Å²) in [6.07, 6.45) is 1.55. The van der Waals surface area contributed by atoms with E-state index in [4.69, 9.17) is 4.42 Å². The molecule has 0 saturated carbocycles. The Morgan fingerprint density at radius 2 is 2.04 bits per heavy atom. The maximum atomic E-state index is 12.3. The molecular formula is C20H21N3O3S. The van der Waals surface area contributed by atoms with Crippen LogP contribution in [-0.4, -0.2) is 41.0 Å². The number of thioether (sulfide) groups is 1. The van der Waals surface area contributed by atoms with Crippen molar-refractivity contribution < 1.29 is 14.0 Å². The quantitative estimate of drug-likeness (QED) is 0.635. The summed E-state index contributed by atoms with van der Waals surface area (Å²) in [7, 11) is 1.62. The van der Waals surface area contributed by atoms with Gasteiger partial charge in [-0.1, -0.05) is 30.0 Å². The van der Waals surface area contributed by atoms with Crippen molar-refractivity contribution in [2.45, 2.75) is 18.5 Å². The van der Waals surface area contributed by atoms with Gasteiger partial charge < -0.3 is 14.6 Å². The standard InChI is InChI=1S/C20H21N3O3S/c1-14-10-19(22-17-8-4-3-7-16(14)17)27-13-20(25)23(2)12-18(24)21-11-15-6-5-9-26-15/h3-10H,11-13H2,1-2H3,(H,21,24). The van der Waals surface area contributed by atoms with Gasteiger partial charge in [0.15, 0.2) is 0 Å². The monoisotopic (exact) mass is 383 g/mol. The molecule has 0 aliphatic heterocycles. The number of carbonyl (C=O) groups excluding carboxylic acids is 2. The molecule has 3 rings (SSSR count). The number of nitrogens with one attached hydrogen (secondary N) is 1. The second-order valence-corrected chi connectivity index (χ2v) is 7.18. The molecule has 0 aliphatic carbocycles. The number of aryl methyl sites for hydroxylation is 1. The summed E-state index contributed by atoms with van der Waals surface area (Å²) in [5.74, 6) is 0.547. The van der Waals surface area contributed by atoms with Crippen molar-refractivity contribution in [3.63, 3.8) is 0 Å². The van der Waals surface area contributed by atoms with Crippen LogP contribution in [0.1, 0.15) is 11.3 Å². The molecule has 2 heterocycles. The molecule has 7 heteroatoms. The van der Waals surface area contributed by atoms with Gasteiger partial charge in [0.2, 0.25) is 11.8 Å². The van der Waals surface area contributed by atoms with Crippen LogP contribution in [0.5, 0.6) is 0 Å². The number of fused-ring (bicyclic) bond motifs is 1. The molecule has 1 aromatic carbocycles. The molecule has 3 aromatic rings. The van der Waals surface area contributed by atoms with Gasteiger partial charge >= 0.3 is 0 Å². The van der Waals surface area contributed by atoms with Gasteiger partial charge in [-0.3, -0.25) is 9.59 Å². The lowest BCUT2D eigenvalue weighted by molar-refractivity contribution is -0.132. The lowest BCUT2D eigenvalue weighted by Crippen LogP contribution is -2.38. The highest BCUT2D eigenvalue weighted by atomic mass is 32.2. The van der Waals surface area contributed by atoms with Crippen LogP contribution < -0.4 is 5.32 Å². The maximum Gasteiger partial charge on any atom is 0.239 e. The van der Waals surface area contributed by atoms with Gasteiger partial charge in [0.25, 0.3) is 0 Å². The summed E-state index contributed by atoms with van der Waals surface area (Å²) in [6, 6.07) is 13.5. The zero-order valence-corrected chi connectivity index (χ0v) is 16.1. The van der Waals surface area contributed by atoms with Crippen LogP contribution in [0.3, 0.4) is 0 Å². The zero-order valence-electron chi connectivity index (χ0n) is 15.3. The molecule has 2 amide bonds. The molecule has 0 saturated heterocycles. The molecule has 0 aliphatic rings. The summed E-state index contributed by atoms with van der Waals surface area (Å²) < 4.78 is 5.16. The van der Waals surface area contributed by atoms with Gasteiger partial charge in [-0.2, -0.15) is 0 Å². The lowest BCUT2D eigenvalue weighted by atomic mass is 10.1. The lowest BCUT2D eigenvalue weighted by Gasteiger charge is -2.16. The summed E-state index contributed by atoms with van der Waals surface area (Å²) in [4.78, 5) is 30.3. The molecule has 2 aromatic heterocycles. The number of furan rings is 1. The molecule has 0 fully saturated rings. The Bertz CT molecular complexity index is 941. The van der Waals surface area contributed by atoms with Crippen LogP contribution in [0.25, 0.3) is 10.9 Å². The van der Waals surface area contributed by atoms with Crippen LogP contribution in [0.2, 0.25) is 0 Å². The Kier molecular flexibility index (Phi) is 6.13. The van der Waals surface area contributed by atoms with E-state index in [0.29, 0.717) is 12.3 Å². The predicted octanol–water partition coefficient (Wildman–Crippen LogP) is 3.00. The fraction of sp³-hybridized carbons (Fsp3) is 0.250. The summed E-state index contributed by atoms with van der Waals surface area (Å²) in [5.41, 5.74) is 2.04. The fourth-order valence-corrected chi connectivity index (χ4v) is 3.51. The molecule has 1 N–H and O–H groups in total. The highest BCUT2D eigenvalue weighted by Crippen LogP contribution is 2.23. The molecule has 27 heavy (non-hydrogen) atoms. The SMILES string of the molecule is Cc1cc(SCC(=O)N(C)CC(=O)NCc2ccco2)nc2ccccc12. The van der Waals surface area contributed by atoms with Crippen molar-refractivity contribution in [1.82, 2.24) is 15.2 Å². The van der Waals surface area contributed by atoms with Gasteiger partial charge in [-0.05, 0) is 36.8 Å². The van der Waals surface area contributed by atoms with E-state index in [1.807, 2.05) is 37.3 Å². The highest BCUT2D eigenvalue weighted by Gasteiger charge is 2.14. The molecule has 0 atom stereocenters. The van der Waals surface area contributed by atoms with E-state index >= 15 is 0 Å². The first-order chi connectivity index (χ1) is 13.0. The van der Waals surface area contributed by atoms with Crippen LogP contribution in [0.4, 0.5) is 0 Å². The van der Waals surface area contributed by atoms with E-state index in [-0.39, 0.29) is 24.1 Å². The first-order valence-electron chi connectivity index (χ1n) is 8.55.